The van der Waals surface area contributed by atoms with Crippen molar-refractivity contribution < 1.29 is 14.0 Å². The standard InChI is InChI=1S/C22H19FN4.C2H7N.2CH2O/c1-15-3-7-19(8-4-15)25-22-14-17(11-12-24-22)21-13-16(2)26-27(21)20-9-5-18(23)6-10-20;1-3-2;2*1-2/h3-14H,1-2H3,(H,24,25);3H,1-2H3;2*1H2. The summed E-state index contributed by atoms with van der Waals surface area (Å²) in [5, 5.41) is 10.6. The van der Waals surface area contributed by atoms with Crippen molar-refractivity contribution in [2.24, 2.45) is 0 Å². The molecule has 2 aromatic heterocycles. The SMILES string of the molecule is C=O.C=O.CNC.Cc1ccc(Nc2cc(-c3cc(C)nn3-c3ccc(F)cc3)ccn2)cc1. The molecule has 0 aliphatic rings. The minimum atomic E-state index is -0.266. The number of rotatable bonds is 4. The molecule has 0 saturated heterocycles. The Balaban J connectivity index is 0.000000750. The fraction of sp³-hybridized carbons (Fsp3) is 0.154. The zero-order valence-corrected chi connectivity index (χ0v) is 19.9. The van der Waals surface area contributed by atoms with E-state index >= 15 is 0 Å². The van der Waals surface area contributed by atoms with E-state index in [1.807, 2.05) is 69.6 Å². The molecule has 0 bridgehead atoms. The van der Waals surface area contributed by atoms with Gasteiger partial charge in [-0.2, -0.15) is 5.10 Å². The van der Waals surface area contributed by atoms with E-state index in [0.717, 1.165) is 34.1 Å². The van der Waals surface area contributed by atoms with Gasteiger partial charge in [-0.15, -0.1) is 0 Å². The Hall–Kier alpha value is -4.17. The van der Waals surface area contributed by atoms with E-state index in [-0.39, 0.29) is 5.82 Å². The van der Waals surface area contributed by atoms with Gasteiger partial charge >= 0.3 is 0 Å². The van der Waals surface area contributed by atoms with E-state index < -0.39 is 0 Å². The lowest BCUT2D eigenvalue weighted by Crippen LogP contribution is -2.00. The molecule has 0 atom stereocenters. The number of carbonyl (C=O) groups is 2. The fourth-order valence-electron chi connectivity index (χ4n) is 2.93. The molecule has 2 aromatic carbocycles. The Bertz CT molecular complexity index is 1130. The van der Waals surface area contributed by atoms with Crippen molar-refractivity contribution >= 4 is 25.1 Å². The molecule has 7 nitrogen and oxygen atoms in total. The highest BCUT2D eigenvalue weighted by Crippen LogP contribution is 2.26. The molecule has 178 valence electrons. The van der Waals surface area contributed by atoms with Crippen LogP contribution < -0.4 is 10.6 Å². The predicted octanol–water partition coefficient (Wildman–Crippen LogP) is 4.90. The average molecular weight is 464 g/mol. The Labute approximate surface area is 199 Å². The molecule has 8 heteroatoms. The largest absolute Gasteiger partial charge is 0.340 e. The van der Waals surface area contributed by atoms with Crippen LogP contribution >= 0.6 is 0 Å². The van der Waals surface area contributed by atoms with Crippen molar-refractivity contribution in [2.45, 2.75) is 13.8 Å². The van der Waals surface area contributed by atoms with Crippen molar-refractivity contribution in [3.63, 3.8) is 0 Å². The summed E-state index contributed by atoms with van der Waals surface area (Å²) in [6.07, 6.45) is 1.77. The highest BCUT2D eigenvalue weighted by atomic mass is 19.1. The molecule has 4 rings (SSSR count). The van der Waals surface area contributed by atoms with Crippen LogP contribution in [0, 0.1) is 19.7 Å². The number of aryl methyl sites for hydroxylation is 2. The van der Waals surface area contributed by atoms with E-state index in [4.69, 9.17) is 9.59 Å². The summed E-state index contributed by atoms with van der Waals surface area (Å²) < 4.78 is 15.1. The van der Waals surface area contributed by atoms with Crippen LogP contribution in [0.25, 0.3) is 16.9 Å². The number of aromatic nitrogens is 3. The minimum Gasteiger partial charge on any atom is -0.340 e. The lowest BCUT2D eigenvalue weighted by molar-refractivity contribution is -0.0987. The second kappa shape index (κ2) is 14.8. The van der Waals surface area contributed by atoms with Crippen molar-refractivity contribution in [3.8, 4) is 16.9 Å². The Morgan fingerprint density at radius 3 is 2.03 bits per heavy atom. The van der Waals surface area contributed by atoms with Crippen molar-refractivity contribution in [1.82, 2.24) is 20.1 Å². The maximum atomic E-state index is 13.3. The molecular weight excluding hydrogens is 433 g/mol. The molecule has 0 spiro atoms. The maximum absolute atomic E-state index is 13.3. The van der Waals surface area contributed by atoms with Crippen LogP contribution in [-0.4, -0.2) is 42.4 Å². The van der Waals surface area contributed by atoms with Crippen LogP contribution in [0.1, 0.15) is 11.3 Å². The average Bonchev–Trinajstić information content (AvgIpc) is 3.26. The third-order valence-corrected chi connectivity index (χ3v) is 4.28. The van der Waals surface area contributed by atoms with E-state index in [2.05, 4.69) is 39.8 Å². The van der Waals surface area contributed by atoms with Crippen LogP contribution in [0.15, 0.2) is 72.9 Å². The van der Waals surface area contributed by atoms with Gasteiger partial charge in [0.1, 0.15) is 25.2 Å². The Kier molecular flexibility index (Phi) is 12.1. The predicted molar refractivity (Wildman–Crippen MR) is 135 cm³/mol. The van der Waals surface area contributed by atoms with E-state index in [1.54, 1.807) is 18.3 Å². The minimum absolute atomic E-state index is 0.266. The number of nitrogens with zero attached hydrogens (tertiary/aromatic N) is 3. The molecule has 0 aliphatic carbocycles. The van der Waals surface area contributed by atoms with Gasteiger partial charge in [0.15, 0.2) is 0 Å². The van der Waals surface area contributed by atoms with Gasteiger partial charge in [-0.1, -0.05) is 17.7 Å². The van der Waals surface area contributed by atoms with Crippen molar-refractivity contribution in [1.29, 1.82) is 0 Å². The van der Waals surface area contributed by atoms with Gasteiger partial charge in [-0.3, -0.25) is 0 Å². The molecule has 0 amide bonds. The summed E-state index contributed by atoms with van der Waals surface area (Å²) in [5.74, 6) is 0.485. The van der Waals surface area contributed by atoms with E-state index in [1.165, 1.54) is 17.7 Å². The molecule has 0 fully saturated rings. The molecule has 0 aliphatic heterocycles. The van der Waals surface area contributed by atoms with Crippen LogP contribution in [0.5, 0.6) is 0 Å². The second-order valence-corrected chi connectivity index (χ2v) is 6.98. The maximum Gasteiger partial charge on any atom is 0.130 e. The molecule has 0 saturated carbocycles. The molecule has 2 N–H and O–H groups in total. The van der Waals surface area contributed by atoms with Crippen LogP contribution in [0.2, 0.25) is 0 Å². The zero-order valence-electron chi connectivity index (χ0n) is 19.9. The number of benzene rings is 2. The summed E-state index contributed by atoms with van der Waals surface area (Å²) in [5.41, 5.74) is 5.79. The third-order valence-electron chi connectivity index (χ3n) is 4.28. The quantitative estimate of drug-likeness (QED) is 0.448. The molecule has 2 heterocycles. The summed E-state index contributed by atoms with van der Waals surface area (Å²) in [7, 11) is 3.75. The van der Waals surface area contributed by atoms with Crippen molar-refractivity contribution in [2.75, 3.05) is 19.4 Å². The van der Waals surface area contributed by atoms with Crippen LogP contribution in [0.3, 0.4) is 0 Å². The first kappa shape index (κ1) is 27.9. The fourth-order valence-corrected chi connectivity index (χ4v) is 2.93. The smallest absolute Gasteiger partial charge is 0.130 e. The van der Waals surface area contributed by atoms with E-state index in [9.17, 15) is 4.39 Å². The molecule has 4 aromatic rings. The molecular formula is C26H30FN5O2. The zero-order chi connectivity index (χ0) is 25.5. The van der Waals surface area contributed by atoms with Crippen LogP contribution in [-0.2, 0) is 9.59 Å². The number of hydrogen-bond donors (Lipinski definition) is 2. The highest BCUT2D eigenvalue weighted by Gasteiger charge is 2.11. The van der Waals surface area contributed by atoms with Crippen molar-refractivity contribution in [3.05, 3.63) is 90.0 Å². The monoisotopic (exact) mass is 463 g/mol. The summed E-state index contributed by atoms with van der Waals surface area (Å²) in [6, 6.07) is 20.4. The first-order chi connectivity index (χ1) is 16.5. The number of nitrogens with one attached hydrogen (secondary N) is 2. The first-order valence-electron chi connectivity index (χ1n) is 10.3. The van der Waals surface area contributed by atoms with Gasteiger partial charge in [0.2, 0.25) is 0 Å². The molecule has 0 radical (unpaired) electrons. The van der Waals surface area contributed by atoms with Gasteiger partial charge in [-0.25, -0.2) is 14.1 Å². The number of pyridine rings is 1. The third kappa shape index (κ3) is 8.07. The van der Waals surface area contributed by atoms with E-state index in [0.29, 0.717) is 0 Å². The van der Waals surface area contributed by atoms with Gasteiger partial charge < -0.3 is 20.2 Å². The normalized spacial score (nSPS) is 9.32. The number of carbonyl (C=O) groups excluding carboxylic acids is 2. The van der Waals surface area contributed by atoms with Gasteiger partial charge in [0.25, 0.3) is 0 Å². The van der Waals surface area contributed by atoms with Gasteiger partial charge in [0.05, 0.1) is 17.1 Å². The number of hydrogen-bond acceptors (Lipinski definition) is 6. The first-order valence-corrected chi connectivity index (χ1v) is 10.3. The second-order valence-electron chi connectivity index (χ2n) is 6.98. The van der Waals surface area contributed by atoms with Gasteiger partial charge in [0, 0.05) is 17.4 Å². The summed E-state index contributed by atoms with van der Waals surface area (Å²) in [4.78, 5) is 20.4. The topological polar surface area (TPSA) is 88.9 Å². The van der Waals surface area contributed by atoms with Crippen LogP contribution in [0.4, 0.5) is 15.9 Å². The Morgan fingerprint density at radius 2 is 1.44 bits per heavy atom. The summed E-state index contributed by atoms with van der Waals surface area (Å²) >= 11 is 0. The molecule has 0 unspecified atom stereocenters. The number of anilines is 2. The number of halogens is 1. The summed E-state index contributed by atoms with van der Waals surface area (Å²) in [6.45, 7) is 8.00. The Morgan fingerprint density at radius 1 is 0.853 bits per heavy atom. The lowest BCUT2D eigenvalue weighted by atomic mass is 10.1. The lowest BCUT2D eigenvalue weighted by Gasteiger charge is -2.10. The van der Waals surface area contributed by atoms with Gasteiger partial charge in [-0.05, 0) is 82.5 Å². The molecule has 34 heavy (non-hydrogen) atoms. The highest BCUT2D eigenvalue weighted by molar-refractivity contribution is 5.68.